The van der Waals surface area contributed by atoms with Gasteiger partial charge in [-0.3, -0.25) is 0 Å². The number of aromatic nitrogens is 2. The minimum Gasteiger partial charge on any atom is -0.475 e. The molecule has 0 spiro atoms. The summed E-state index contributed by atoms with van der Waals surface area (Å²) in [5.74, 6) is 0.852. The van der Waals surface area contributed by atoms with Crippen LogP contribution in [0, 0.1) is 0 Å². The summed E-state index contributed by atoms with van der Waals surface area (Å²) >= 11 is 0. The summed E-state index contributed by atoms with van der Waals surface area (Å²) in [7, 11) is 1.89. The number of hydrogen-bond donors (Lipinski definition) is 1. The molecule has 4 nitrogen and oxygen atoms in total. The SMILES string of the molecule is Cn1nccc1OC1CCC(N)CC1. The number of ether oxygens (including phenoxy) is 1. The van der Waals surface area contributed by atoms with Crippen LogP contribution in [0.15, 0.2) is 12.3 Å². The van der Waals surface area contributed by atoms with Gasteiger partial charge >= 0.3 is 0 Å². The van der Waals surface area contributed by atoms with Crippen LogP contribution in [-0.2, 0) is 7.05 Å². The van der Waals surface area contributed by atoms with Crippen molar-refractivity contribution >= 4 is 0 Å². The second kappa shape index (κ2) is 4.00. The molecule has 0 aliphatic heterocycles. The molecular formula is C10H17N3O. The molecule has 0 unspecified atom stereocenters. The molecule has 0 saturated heterocycles. The summed E-state index contributed by atoms with van der Waals surface area (Å²) in [4.78, 5) is 0. The monoisotopic (exact) mass is 195 g/mol. The summed E-state index contributed by atoms with van der Waals surface area (Å²) in [6.07, 6.45) is 6.35. The van der Waals surface area contributed by atoms with Crippen LogP contribution < -0.4 is 10.5 Å². The van der Waals surface area contributed by atoms with Crippen LogP contribution in [-0.4, -0.2) is 21.9 Å². The number of nitrogens with two attached hydrogens (primary N) is 1. The van der Waals surface area contributed by atoms with E-state index >= 15 is 0 Å². The normalized spacial score (nSPS) is 27.6. The zero-order chi connectivity index (χ0) is 9.97. The first-order valence-electron chi connectivity index (χ1n) is 5.16. The predicted molar refractivity (Wildman–Crippen MR) is 54.1 cm³/mol. The van der Waals surface area contributed by atoms with Gasteiger partial charge in [-0.1, -0.05) is 0 Å². The molecule has 1 heterocycles. The van der Waals surface area contributed by atoms with Gasteiger partial charge in [0, 0.05) is 19.2 Å². The number of hydrogen-bond acceptors (Lipinski definition) is 3. The summed E-state index contributed by atoms with van der Waals surface area (Å²) in [5, 5.41) is 4.06. The van der Waals surface area contributed by atoms with Gasteiger partial charge in [0.15, 0.2) is 0 Å². The van der Waals surface area contributed by atoms with Crippen LogP contribution in [0.25, 0.3) is 0 Å². The summed E-state index contributed by atoms with van der Waals surface area (Å²) in [5.41, 5.74) is 5.83. The van der Waals surface area contributed by atoms with Crippen molar-refractivity contribution in [2.24, 2.45) is 12.8 Å². The Bertz CT molecular complexity index is 289. The lowest BCUT2D eigenvalue weighted by Gasteiger charge is -2.26. The van der Waals surface area contributed by atoms with Crippen LogP contribution >= 0.6 is 0 Å². The lowest BCUT2D eigenvalue weighted by molar-refractivity contribution is 0.135. The minimum atomic E-state index is 0.324. The van der Waals surface area contributed by atoms with E-state index in [-0.39, 0.29) is 0 Å². The summed E-state index contributed by atoms with van der Waals surface area (Å²) in [6, 6.07) is 2.27. The number of aryl methyl sites for hydroxylation is 1. The molecule has 4 heteroatoms. The molecule has 14 heavy (non-hydrogen) atoms. The van der Waals surface area contributed by atoms with E-state index in [0.717, 1.165) is 31.6 Å². The Morgan fingerprint density at radius 3 is 2.71 bits per heavy atom. The maximum Gasteiger partial charge on any atom is 0.211 e. The van der Waals surface area contributed by atoms with Crippen LogP contribution in [0.5, 0.6) is 5.88 Å². The fourth-order valence-electron chi connectivity index (χ4n) is 1.85. The van der Waals surface area contributed by atoms with Gasteiger partial charge in [0.25, 0.3) is 0 Å². The molecule has 78 valence electrons. The molecule has 2 rings (SSSR count). The molecule has 1 saturated carbocycles. The Hall–Kier alpha value is -1.03. The number of rotatable bonds is 2. The molecule has 0 amide bonds. The molecule has 0 bridgehead atoms. The van der Waals surface area contributed by atoms with Gasteiger partial charge in [0.2, 0.25) is 5.88 Å². The predicted octanol–water partition coefficient (Wildman–Crippen LogP) is 1.07. The third kappa shape index (κ3) is 2.07. The molecule has 1 fully saturated rings. The highest BCUT2D eigenvalue weighted by Crippen LogP contribution is 2.22. The molecule has 0 radical (unpaired) electrons. The zero-order valence-electron chi connectivity index (χ0n) is 8.52. The lowest BCUT2D eigenvalue weighted by Crippen LogP contribution is -2.32. The zero-order valence-corrected chi connectivity index (χ0v) is 8.52. The Morgan fingerprint density at radius 2 is 2.14 bits per heavy atom. The summed E-state index contributed by atoms with van der Waals surface area (Å²) < 4.78 is 7.58. The van der Waals surface area contributed by atoms with Gasteiger partial charge in [-0.2, -0.15) is 5.10 Å². The fourth-order valence-corrected chi connectivity index (χ4v) is 1.85. The largest absolute Gasteiger partial charge is 0.475 e. The Kier molecular flexibility index (Phi) is 2.72. The van der Waals surface area contributed by atoms with Crippen molar-refractivity contribution in [1.29, 1.82) is 0 Å². The van der Waals surface area contributed by atoms with E-state index in [1.54, 1.807) is 10.9 Å². The van der Waals surface area contributed by atoms with E-state index in [4.69, 9.17) is 10.5 Å². The van der Waals surface area contributed by atoms with Gasteiger partial charge in [-0.25, -0.2) is 4.68 Å². The smallest absolute Gasteiger partial charge is 0.211 e. The lowest BCUT2D eigenvalue weighted by atomic mass is 9.94. The fraction of sp³-hybridized carbons (Fsp3) is 0.700. The molecular weight excluding hydrogens is 178 g/mol. The van der Waals surface area contributed by atoms with E-state index < -0.39 is 0 Å². The van der Waals surface area contributed by atoms with Crippen LogP contribution in [0.4, 0.5) is 0 Å². The highest BCUT2D eigenvalue weighted by atomic mass is 16.5. The first-order chi connectivity index (χ1) is 6.75. The van der Waals surface area contributed by atoms with Crippen molar-refractivity contribution in [2.75, 3.05) is 0 Å². The summed E-state index contributed by atoms with van der Waals surface area (Å²) in [6.45, 7) is 0. The van der Waals surface area contributed by atoms with Gasteiger partial charge in [-0.05, 0) is 25.7 Å². The third-order valence-corrected chi connectivity index (χ3v) is 2.78. The Labute approximate surface area is 84.0 Å². The van der Waals surface area contributed by atoms with Crippen molar-refractivity contribution in [3.05, 3.63) is 12.3 Å². The molecule has 1 aromatic rings. The highest BCUT2D eigenvalue weighted by Gasteiger charge is 2.20. The second-order valence-corrected chi connectivity index (χ2v) is 3.95. The van der Waals surface area contributed by atoms with Crippen molar-refractivity contribution in [3.63, 3.8) is 0 Å². The molecule has 1 aromatic heterocycles. The van der Waals surface area contributed by atoms with E-state index in [9.17, 15) is 0 Å². The third-order valence-electron chi connectivity index (χ3n) is 2.78. The maximum atomic E-state index is 5.83. The quantitative estimate of drug-likeness (QED) is 0.768. The van der Waals surface area contributed by atoms with Gasteiger partial charge in [0.05, 0.1) is 6.20 Å². The van der Waals surface area contributed by atoms with E-state index in [1.807, 2.05) is 13.1 Å². The van der Waals surface area contributed by atoms with Gasteiger partial charge in [0.1, 0.15) is 6.10 Å². The minimum absolute atomic E-state index is 0.324. The molecule has 1 aliphatic carbocycles. The Balaban J connectivity index is 1.89. The topological polar surface area (TPSA) is 53.1 Å². The van der Waals surface area contributed by atoms with E-state index in [2.05, 4.69) is 5.10 Å². The van der Waals surface area contributed by atoms with Gasteiger partial charge < -0.3 is 10.5 Å². The molecule has 0 atom stereocenters. The van der Waals surface area contributed by atoms with Crippen LogP contribution in [0.2, 0.25) is 0 Å². The molecule has 0 aromatic carbocycles. The van der Waals surface area contributed by atoms with Crippen molar-refractivity contribution in [2.45, 2.75) is 37.8 Å². The Morgan fingerprint density at radius 1 is 1.43 bits per heavy atom. The number of nitrogens with zero attached hydrogens (tertiary/aromatic N) is 2. The highest BCUT2D eigenvalue weighted by molar-refractivity contribution is 5.07. The first-order valence-corrected chi connectivity index (χ1v) is 5.16. The molecule has 2 N–H and O–H groups in total. The first kappa shape index (κ1) is 9.52. The van der Waals surface area contributed by atoms with Gasteiger partial charge in [-0.15, -0.1) is 0 Å². The average Bonchev–Trinajstić information content (AvgIpc) is 2.56. The van der Waals surface area contributed by atoms with Crippen LogP contribution in [0.1, 0.15) is 25.7 Å². The van der Waals surface area contributed by atoms with E-state index in [1.165, 1.54) is 0 Å². The van der Waals surface area contributed by atoms with E-state index in [0.29, 0.717) is 12.1 Å². The maximum absolute atomic E-state index is 5.83. The average molecular weight is 195 g/mol. The standard InChI is InChI=1S/C10H17N3O/c1-13-10(6-7-12-13)14-9-4-2-8(11)3-5-9/h6-9H,2-5,11H2,1H3. The van der Waals surface area contributed by atoms with Crippen molar-refractivity contribution in [1.82, 2.24) is 9.78 Å². The van der Waals surface area contributed by atoms with Crippen molar-refractivity contribution in [3.8, 4) is 5.88 Å². The molecule has 1 aliphatic rings. The second-order valence-electron chi connectivity index (χ2n) is 3.95. The van der Waals surface area contributed by atoms with Crippen LogP contribution in [0.3, 0.4) is 0 Å². The van der Waals surface area contributed by atoms with Crippen molar-refractivity contribution < 1.29 is 4.74 Å².